The van der Waals surface area contributed by atoms with Crippen LogP contribution in [0.3, 0.4) is 0 Å². The van der Waals surface area contributed by atoms with Gasteiger partial charge in [-0.2, -0.15) is 0 Å². The van der Waals surface area contributed by atoms with E-state index in [1.165, 1.54) is 44.9 Å². The first-order chi connectivity index (χ1) is 6.74. The summed E-state index contributed by atoms with van der Waals surface area (Å²) in [6.45, 7) is 10.8. The Morgan fingerprint density at radius 2 is 1.93 bits per heavy atom. The van der Waals surface area contributed by atoms with E-state index in [0.29, 0.717) is 0 Å². The highest BCUT2D eigenvalue weighted by molar-refractivity contribution is 4.70. The van der Waals surface area contributed by atoms with Gasteiger partial charge >= 0.3 is 0 Å². The predicted octanol–water partition coefficient (Wildman–Crippen LogP) is 5.20. The summed E-state index contributed by atoms with van der Waals surface area (Å²) in [6.07, 6.45) is 11.5. The highest BCUT2D eigenvalue weighted by Crippen LogP contribution is 2.23. The van der Waals surface area contributed by atoms with Gasteiger partial charge in [0.1, 0.15) is 0 Å². The molecule has 0 aromatic heterocycles. The summed E-state index contributed by atoms with van der Waals surface area (Å²) in [6, 6.07) is 0. The molecule has 0 aliphatic rings. The van der Waals surface area contributed by atoms with Crippen molar-refractivity contribution in [3.8, 4) is 0 Å². The second-order valence-electron chi connectivity index (χ2n) is 4.62. The second kappa shape index (κ2) is 9.30. The fraction of sp³-hybridized carbons (Fsp3) is 0.857. The maximum absolute atomic E-state index is 3.78. The first kappa shape index (κ1) is 13.7. The van der Waals surface area contributed by atoms with Crippen molar-refractivity contribution in [3.05, 3.63) is 12.7 Å². The molecular formula is C14H28. The molecule has 2 unspecified atom stereocenters. The van der Waals surface area contributed by atoms with Gasteiger partial charge in [-0.3, -0.25) is 0 Å². The lowest BCUT2D eigenvalue weighted by molar-refractivity contribution is 0.341. The molecule has 0 heterocycles. The van der Waals surface area contributed by atoms with Gasteiger partial charge in [-0.25, -0.2) is 0 Å². The van der Waals surface area contributed by atoms with Gasteiger partial charge in [0.15, 0.2) is 0 Å². The van der Waals surface area contributed by atoms with E-state index >= 15 is 0 Å². The van der Waals surface area contributed by atoms with Gasteiger partial charge in [-0.15, -0.1) is 6.58 Å². The monoisotopic (exact) mass is 196 g/mol. The van der Waals surface area contributed by atoms with Crippen LogP contribution in [0.4, 0.5) is 0 Å². The molecule has 2 atom stereocenters. The molecule has 0 aromatic rings. The van der Waals surface area contributed by atoms with Crippen molar-refractivity contribution in [1.29, 1.82) is 0 Å². The predicted molar refractivity (Wildman–Crippen MR) is 66.5 cm³/mol. The van der Waals surface area contributed by atoms with E-state index in [-0.39, 0.29) is 0 Å². The van der Waals surface area contributed by atoms with Gasteiger partial charge in [0.05, 0.1) is 0 Å². The number of hydrogen-bond donors (Lipinski definition) is 0. The zero-order chi connectivity index (χ0) is 10.8. The lowest BCUT2D eigenvalue weighted by Gasteiger charge is -2.19. The molecule has 0 nitrogen and oxygen atoms in total. The molecule has 14 heavy (non-hydrogen) atoms. The van der Waals surface area contributed by atoms with Crippen molar-refractivity contribution < 1.29 is 0 Å². The summed E-state index contributed by atoms with van der Waals surface area (Å²) in [7, 11) is 0. The number of hydrogen-bond acceptors (Lipinski definition) is 0. The van der Waals surface area contributed by atoms with E-state index in [4.69, 9.17) is 0 Å². The van der Waals surface area contributed by atoms with Crippen LogP contribution in [0.5, 0.6) is 0 Å². The molecule has 84 valence electrons. The van der Waals surface area contributed by atoms with Gasteiger partial charge in [-0.1, -0.05) is 52.5 Å². The fourth-order valence-corrected chi connectivity index (χ4v) is 2.07. The van der Waals surface area contributed by atoms with Crippen LogP contribution in [-0.2, 0) is 0 Å². The second-order valence-corrected chi connectivity index (χ2v) is 4.62. The summed E-state index contributed by atoms with van der Waals surface area (Å²) < 4.78 is 0. The molecular weight excluding hydrogens is 168 g/mol. The maximum Gasteiger partial charge on any atom is -0.0351 e. The van der Waals surface area contributed by atoms with E-state index in [2.05, 4.69) is 27.4 Å². The molecule has 0 aliphatic carbocycles. The standard InChI is InChI=1S/C14H28/c1-5-8-10-13(4)12-14(7-3)11-9-6-2/h5,13-14H,1,6-12H2,2-4H3. The van der Waals surface area contributed by atoms with Crippen LogP contribution >= 0.6 is 0 Å². The molecule has 0 aliphatic heterocycles. The normalized spacial score (nSPS) is 15.1. The van der Waals surface area contributed by atoms with Crippen molar-refractivity contribution in [2.75, 3.05) is 0 Å². The smallest absolute Gasteiger partial charge is 0.0351 e. The van der Waals surface area contributed by atoms with Crippen molar-refractivity contribution in [1.82, 2.24) is 0 Å². The van der Waals surface area contributed by atoms with Gasteiger partial charge in [0, 0.05) is 0 Å². The Hall–Kier alpha value is -0.260. The van der Waals surface area contributed by atoms with E-state index in [1.54, 1.807) is 0 Å². The molecule has 0 spiro atoms. The van der Waals surface area contributed by atoms with Crippen LogP contribution in [-0.4, -0.2) is 0 Å². The molecule has 0 amide bonds. The fourth-order valence-electron chi connectivity index (χ4n) is 2.07. The van der Waals surface area contributed by atoms with Crippen LogP contribution in [0.25, 0.3) is 0 Å². The molecule has 0 rings (SSSR count). The molecule has 0 saturated carbocycles. The van der Waals surface area contributed by atoms with Crippen LogP contribution in [0.2, 0.25) is 0 Å². The average Bonchev–Trinajstić information content (AvgIpc) is 2.21. The topological polar surface area (TPSA) is 0 Å². The third-order valence-electron chi connectivity index (χ3n) is 3.14. The van der Waals surface area contributed by atoms with E-state index in [0.717, 1.165) is 11.8 Å². The molecule has 0 radical (unpaired) electrons. The lowest BCUT2D eigenvalue weighted by atomic mass is 9.87. The number of rotatable bonds is 9. The van der Waals surface area contributed by atoms with Gasteiger partial charge < -0.3 is 0 Å². The Kier molecular flexibility index (Phi) is 9.13. The minimum Gasteiger partial charge on any atom is -0.103 e. The Morgan fingerprint density at radius 3 is 2.43 bits per heavy atom. The van der Waals surface area contributed by atoms with Crippen LogP contribution in [0, 0.1) is 11.8 Å². The molecule has 0 heteroatoms. The quantitative estimate of drug-likeness (QED) is 0.445. The van der Waals surface area contributed by atoms with Crippen molar-refractivity contribution in [2.45, 2.75) is 65.7 Å². The molecule has 0 fully saturated rings. The Labute approximate surface area is 90.8 Å². The van der Waals surface area contributed by atoms with Gasteiger partial charge in [-0.05, 0) is 31.1 Å². The summed E-state index contributed by atoms with van der Waals surface area (Å²) >= 11 is 0. The van der Waals surface area contributed by atoms with Gasteiger partial charge in [0.25, 0.3) is 0 Å². The Balaban J connectivity index is 3.61. The number of allylic oxidation sites excluding steroid dienone is 1. The maximum atomic E-state index is 3.78. The van der Waals surface area contributed by atoms with Crippen LogP contribution < -0.4 is 0 Å². The zero-order valence-corrected chi connectivity index (χ0v) is 10.4. The Morgan fingerprint density at radius 1 is 1.21 bits per heavy atom. The van der Waals surface area contributed by atoms with Crippen LogP contribution in [0.1, 0.15) is 65.7 Å². The number of unbranched alkanes of at least 4 members (excludes halogenated alkanes) is 1. The third kappa shape index (κ3) is 7.17. The lowest BCUT2D eigenvalue weighted by Crippen LogP contribution is -2.05. The first-order valence-electron chi connectivity index (χ1n) is 6.35. The highest BCUT2D eigenvalue weighted by Gasteiger charge is 2.10. The third-order valence-corrected chi connectivity index (χ3v) is 3.14. The van der Waals surface area contributed by atoms with Crippen molar-refractivity contribution in [3.63, 3.8) is 0 Å². The van der Waals surface area contributed by atoms with Crippen molar-refractivity contribution >= 4 is 0 Å². The van der Waals surface area contributed by atoms with E-state index in [9.17, 15) is 0 Å². The van der Waals surface area contributed by atoms with Crippen molar-refractivity contribution in [2.24, 2.45) is 11.8 Å². The largest absolute Gasteiger partial charge is 0.103 e. The molecule has 0 saturated heterocycles. The Bertz CT molecular complexity index is 126. The highest BCUT2D eigenvalue weighted by atomic mass is 14.2. The average molecular weight is 196 g/mol. The molecule has 0 bridgehead atoms. The molecule has 0 N–H and O–H groups in total. The van der Waals surface area contributed by atoms with E-state index in [1.807, 2.05) is 6.08 Å². The summed E-state index contributed by atoms with van der Waals surface area (Å²) in [5, 5.41) is 0. The minimum atomic E-state index is 0.884. The molecule has 0 aromatic carbocycles. The van der Waals surface area contributed by atoms with Gasteiger partial charge in [0.2, 0.25) is 0 Å². The minimum absolute atomic E-state index is 0.884. The first-order valence-corrected chi connectivity index (χ1v) is 6.35. The SMILES string of the molecule is C=CCCC(C)CC(CC)CCCC. The zero-order valence-electron chi connectivity index (χ0n) is 10.4. The summed E-state index contributed by atoms with van der Waals surface area (Å²) in [4.78, 5) is 0. The summed E-state index contributed by atoms with van der Waals surface area (Å²) in [5.74, 6) is 1.85. The van der Waals surface area contributed by atoms with E-state index < -0.39 is 0 Å². The van der Waals surface area contributed by atoms with Crippen LogP contribution in [0.15, 0.2) is 12.7 Å². The summed E-state index contributed by atoms with van der Waals surface area (Å²) in [5.41, 5.74) is 0.